The monoisotopic (exact) mass is 217 g/mol. The van der Waals surface area contributed by atoms with Crippen LogP contribution in [0.25, 0.3) is 0 Å². The zero-order valence-corrected chi connectivity index (χ0v) is 9.46. The average molecular weight is 217 g/mol. The van der Waals surface area contributed by atoms with E-state index in [1.807, 2.05) is 11.8 Å². The third kappa shape index (κ3) is 3.75. The first-order chi connectivity index (χ1) is 6.74. The quantitative estimate of drug-likeness (QED) is 0.311. The minimum atomic E-state index is 0.333. The van der Waals surface area contributed by atoms with Gasteiger partial charge in [-0.15, -0.1) is 0 Å². The second-order valence-electron chi connectivity index (χ2n) is 3.69. The molecule has 0 radical (unpaired) electrons. The summed E-state index contributed by atoms with van der Waals surface area (Å²) in [5.74, 6) is 2.87. The van der Waals surface area contributed by atoms with Crippen LogP contribution in [-0.4, -0.2) is 47.1 Å². The number of amidine groups is 1. The van der Waals surface area contributed by atoms with Crippen molar-refractivity contribution in [3.05, 3.63) is 0 Å². The van der Waals surface area contributed by atoms with Gasteiger partial charge in [-0.2, -0.15) is 11.8 Å². The first-order valence-corrected chi connectivity index (χ1v) is 6.14. The first-order valence-electron chi connectivity index (χ1n) is 4.98. The van der Waals surface area contributed by atoms with Gasteiger partial charge in [-0.05, 0) is 32.2 Å². The summed E-state index contributed by atoms with van der Waals surface area (Å²) in [6.45, 7) is 1.03. The van der Waals surface area contributed by atoms with Crippen molar-refractivity contribution in [2.75, 3.05) is 25.1 Å². The van der Waals surface area contributed by atoms with Gasteiger partial charge in [-0.1, -0.05) is 5.16 Å². The second-order valence-corrected chi connectivity index (χ2v) is 4.84. The number of oxime groups is 1. The summed E-state index contributed by atoms with van der Waals surface area (Å²) in [5.41, 5.74) is 5.39. The Morgan fingerprint density at radius 2 is 2.50 bits per heavy atom. The lowest BCUT2D eigenvalue weighted by atomic mass is 10.2. The molecule has 82 valence electrons. The molecule has 0 aromatic carbocycles. The van der Waals surface area contributed by atoms with Crippen molar-refractivity contribution in [1.82, 2.24) is 4.90 Å². The highest BCUT2D eigenvalue weighted by atomic mass is 32.2. The van der Waals surface area contributed by atoms with E-state index in [0.29, 0.717) is 12.3 Å². The molecule has 0 saturated carbocycles. The van der Waals surface area contributed by atoms with Crippen LogP contribution in [0, 0.1) is 0 Å². The van der Waals surface area contributed by atoms with Crippen LogP contribution in [-0.2, 0) is 0 Å². The predicted molar refractivity (Wildman–Crippen MR) is 61.0 cm³/mol. The summed E-state index contributed by atoms with van der Waals surface area (Å²) in [4.78, 5) is 2.38. The van der Waals surface area contributed by atoms with Gasteiger partial charge >= 0.3 is 0 Å². The normalized spacial score (nSPS) is 23.3. The summed E-state index contributed by atoms with van der Waals surface area (Å²) in [6.07, 6.45) is 2.94. The molecule has 1 aliphatic rings. The van der Waals surface area contributed by atoms with Gasteiger partial charge < -0.3 is 15.8 Å². The summed E-state index contributed by atoms with van der Waals surface area (Å²) in [7, 11) is 2.16. The molecular formula is C9H19N3OS. The number of thioether (sulfide) groups is 1. The fraction of sp³-hybridized carbons (Fsp3) is 0.889. The molecule has 1 aliphatic heterocycles. The van der Waals surface area contributed by atoms with Crippen LogP contribution < -0.4 is 5.73 Å². The van der Waals surface area contributed by atoms with Crippen molar-refractivity contribution in [2.45, 2.75) is 25.3 Å². The predicted octanol–water partition coefficient (Wildman–Crippen LogP) is 0.950. The summed E-state index contributed by atoms with van der Waals surface area (Å²) in [5, 5.41) is 11.3. The van der Waals surface area contributed by atoms with Crippen molar-refractivity contribution in [2.24, 2.45) is 10.9 Å². The maximum Gasteiger partial charge on any atom is 0.139 e. The van der Waals surface area contributed by atoms with E-state index in [0.717, 1.165) is 19.0 Å². The molecule has 0 aliphatic carbocycles. The highest BCUT2D eigenvalue weighted by Crippen LogP contribution is 2.21. The van der Waals surface area contributed by atoms with Gasteiger partial charge in [0.1, 0.15) is 5.84 Å². The molecule has 0 aromatic heterocycles. The fourth-order valence-electron chi connectivity index (χ4n) is 1.61. The van der Waals surface area contributed by atoms with Gasteiger partial charge in [0, 0.05) is 18.2 Å². The van der Waals surface area contributed by atoms with E-state index in [1.54, 1.807) is 0 Å². The molecule has 1 heterocycles. The van der Waals surface area contributed by atoms with E-state index in [4.69, 9.17) is 10.9 Å². The molecule has 1 rings (SSSR count). The molecule has 1 saturated heterocycles. The number of nitrogens with two attached hydrogens (primary N) is 1. The lowest BCUT2D eigenvalue weighted by Gasteiger charge is -2.22. The van der Waals surface area contributed by atoms with Crippen molar-refractivity contribution in [3.8, 4) is 0 Å². The third-order valence-corrected chi connectivity index (χ3v) is 3.75. The number of hydrogen-bond donors (Lipinski definition) is 2. The maximum atomic E-state index is 8.36. The van der Waals surface area contributed by atoms with Gasteiger partial charge in [0.25, 0.3) is 0 Å². The average Bonchev–Trinajstić information content (AvgIpc) is 2.70. The lowest BCUT2D eigenvalue weighted by molar-refractivity contribution is 0.260. The smallest absolute Gasteiger partial charge is 0.139 e. The Labute approximate surface area is 89.5 Å². The minimum absolute atomic E-state index is 0.333. The topological polar surface area (TPSA) is 61.8 Å². The highest BCUT2D eigenvalue weighted by molar-refractivity contribution is 7.99. The van der Waals surface area contributed by atoms with E-state index < -0.39 is 0 Å². The first kappa shape index (κ1) is 11.7. The van der Waals surface area contributed by atoms with Crippen LogP contribution in [0.5, 0.6) is 0 Å². The van der Waals surface area contributed by atoms with Gasteiger partial charge in [0.05, 0.1) is 0 Å². The van der Waals surface area contributed by atoms with E-state index in [1.165, 1.54) is 17.9 Å². The van der Waals surface area contributed by atoms with E-state index in [-0.39, 0.29) is 0 Å². The second kappa shape index (κ2) is 6.14. The van der Waals surface area contributed by atoms with Gasteiger partial charge in [0.2, 0.25) is 0 Å². The van der Waals surface area contributed by atoms with Crippen LogP contribution in [0.3, 0.4) is 0 Å². The number of rotatable bonds is 5. The number of nitrogens with zero attached hydrogens (tertiary/aromatic N) is 2. The minimum Gasteiger partial charge on any atom is -0.409 e. The van der Waals surface area contributed by atoms with Crippen LogP contribution in [0.1, 0.15) is 19.3 Å². The summed E-state index contributed by atoms with van der Waals surface area (Å²) < 4.78 is 0. The molecule has 3 N–H and O–H groups in total. The highest BCUT2D eigenvalue weighted by Gasteiger charge is 2.19. The molecule has 0 aromatic rings. The Kier molecular flexibility index (Phi) is 5.11. The van der Waals surface area contributed by atoms with Crippen LogP contribution in [0.15, 0.2) is 5.16 Å². The van der Waals surface area contributed by atoms with Gasteiger partial charge in [-0.25, -0.2) is 0 Å². The molecular weight excluding hydrogens is 198 g/mol. The third-order valence-electron chi connectivity index (χ3n) is 2.60. The van der Waals surface area contributed by atoms with Crippen molar-refractivity contribution >= 4 is 17.6 Å². The molecule has 1 unspecified atom stereocenters. The molecule has 14 heavy (non-hydrogen) atoms. The molecule has 1 atom stereocenters. The van der Waals surface area contributed by atoms with E-state index in [2.05, 4.69) is 17.1 Å². The maximum absolute atomic E-state index is 8.36. The molecule has 0 bridgehead atoms. The molecule has 5 heteroatoms. The van der Waals surface area contributed by atoms with Crippen molar-refractivity contribution in [3.63, 3.8) is 0 Å². The Hall–Kier alpha value is -0.420. The standard InChI is InChI=1S/C9H19N3OS/c1-12(8-4-6-14-7-8)5-2-3-9(10)11-13/h8,13H,2-7H2,1H3,(H2,10,11). The Morgan fingerprint density at radius 3 is 3.07 bits per heavy atom. The zero-order valence-electron chi connectivity index (χ0n) is 8.65. The van der Waals surface area contributed by atoms with Crippen LogP contribution >= 0.6 is 11.8 Å². The van der Waals surface area contributed by atoms with Crippen LogP contribution in [0.4, 0.5) is 0 Å². The summed E-state index contributed by atoms with van der Waals surface area (Å²) >= 11 is 2.02. The SMILES string of the molecule is CN(CCC/C(N)=N/O)C1CCSC1. The van der Waals surface area contributed by atoms with Gasteiger partial charge in [-0.3, -0.25) is 0 Å². The zero-order chi connectivity index (χ0) is 10.4. The Bertz CT molecular complexity index is 192. The van der Waals surface area contributed by atoms with E-state index in [9.17, 15) is 0 Å². The fourth-order valence-corrected chi connectivity index (χ4v) is 2.91. The lowest BCUT2D eigenvalue weighted by Crippen LogP contribution is -2.32. The number of hydrogen-bond acceptors (Lipinski definition) is 4. The Balaban J connectivity index is 2.11. The summed E-state index contributed by atoms with van der Waals surface area (Å²) in [6, 6.07) is 0.729. The molecule has 4 nitrogen and oxygen atoms in total. The molecule has 0 amide bonds. The largest absolute Gasteiger partial charge is 0.409 e. The van der Waals surface area contributed by atoms with Crippen LogP contribution in [0.2, 0.25) is 0 Å². The molecule has 0 spiro atoms. The van der Waals surface area contributed by atoms with Crippen molar-refractivity contribution < 1.29 is 5.21 Å². The Morgan fingerprint density at radius 1 is 1.71 bits per heavy atom. The molecule has 1 fully saturated rings. The van der Waals surface area contributed by atoms with Crippen molar-refractivity contribution in [1.29, 1.82) is 0 Å². The van der Waals surface area contributed by atoms with Gasteiger partial charge in [0.15, 0.2) is 0 Å². The van der Waals surface area contributed by atoms with E-state index >= 15 is 0 Å².